The van der Waals surface area contributed by atoms with Gasteiger partial charge in [0.05, 0.1) is 31.1 Å². The molecule has 0 radical (unpaired) electrons. The highest BCUT2D eigenvalue weighted by atomic mass is 16.5. The molecule has 1 aromatic rings. The second-order valence-corrected chi connectivity index (χ2v) is 5.20. The van der Waals surface area contributed by atoms with Crippen molar-refractivity contribution < 1.29 is 9.47 Å². The minimum atomic E-state index is -0.0856. The smallest absolute Gasteiger partial charge is 0.0762 e. The number of aromatic nitrogens is 2. The third-order valence-electron chi connectivity index (χ3n) is 2.34. The maximum atomic E-state index is 5.66. The van der Waals surface area contributed by atoms with Crippen LogP contribution >= 0.6 is 0 Å². The number of methoxy groups -OCH3 is 1. The van der Waals surface area contributed by atoms with Crippen molar-refractivity contribution in [2.45, 2.75) is 39.5 Å². The predicted molar refractivity (Wildman–Crippen MR) is 71.5 cm³/mol. The highest BCUT2D eigenvalue weighted by Gasteiger charge is 2.09. The molecule has 0 spiro atoms. The van der Waals surface area contributed by atoms with Gasteiger partial charge < -0.3 is 14.8 Å². The maximum absolute atomic E-state index is 5.66. The summed E-state index contributed by atoms with van der Waals surface area (Å²) in [6.07, 6.45) is 1.99. The molecule has 1 rings (SSSR count). The SMILES string of the molecule is COCCNCc1ccn(CCOC(C)(C)C)n1. The highest BCUT2D eigenvalue weighted by Crippen LogP contribution is 2.06. The van der Waals surface area contributed by atoms with E-state index in [4.69, 9.17) is 9.47 Å². The third-order valence-corrected chi connectivity index (χ3v) is 2.34. The van der Waals surface area contributed by atoms with Gasteiger partial charge in [0.25, 0.3) is 0 Å². The molecular weight excluding hydrogens is 230 g/mol. The zero-order valence-corrected chi connectivity index (χ0v) is 11.9. The van der Waals surface area contributed by atoms with E-state index in [1.807, 2.05) is 16.9 Å². The first kappa shape index (κ1) is 15.1. The Morgan fingerprint density at radius 1 is 1.33 bits per heavy atom. The summed E-state index contributed by atoms with van der Waals surface area (Å²) >= 11 is 0. The molecule has 5 nitrogen and oxygen atoms in total. The average Bonchev–Trinajstić information content (AvgIpc) is 2.71. The molecule has 0 bridgehead atoms. The third kappa shape index (κ3) is 6.74. The molecule has 0 saturated carbocycles. The summed E-state index contributed by atoms with van der Waals surface area (Å²) in [5.41, 5.74) is 0.958. The lowest BCUT2D eigenvalue weighted by Crippen LogP contribution is -2.22. The Morgan fingerprint density at radius 3 is 2.78 bits per heavy atom. The van der Waals surface area contributed by atoms with Crippen molar-refractivity contribution in [2.75, 3.05) is 26.9 Å². The molecule has 0 aliphatic rings. The van der Waals surface area contributed by atoms with Gasteiger partial charge in [-0.2, -0.15) is 5.10 Å². The molecule has 104 valence electrons. The van der Waals surface area contributed by atoms with Crippen LogP contribution in [0.3, 0.4) is 0 Å². The van der Waals surface area contributed by atoms with Crippen LogP contribution in [-0.4, -0.2) is 42.2 Å². The van der Waals surface area contributed by atoms with Gasteiger partial charge in [-0.05, 0) is 26.8 Å². The predicted octanol–water partition coefficient (Wildman–Crippen LogP) is 1.43. The van der Waals surface area contributed by atoms with E-state index in [2.05, 4.69) is 31.2 Å². The Kier molecular flexibility index (Phi) is 6.32. The van der Waals surface area contributed by atoms with E-state index < -0.39 is 0 Å². The van der Waals surface area contributed by atoms with Crippen molar-refractivity contribution in [3.05, 3.63) is 18.0 Å². The second kappa shape index (κ2) is 7.51. The van der Waals surface area contributed by atoms with Gasteiger partial charge in [0.15, 0.2) is 0 Å². The van der Waals surface area contributed by atoms with Crippen LogP contribution in [0.4, 0.5) is 0 Å². The largest absolute Gasteiger partial charge is 0.383 e. The molecule has 0 aromatic carbocycles. The van der Waals surface area contributed by atoms with E-state index in [1.165, 1.54) is 0 Å². The van der Waals surface area contributed by atoms with E-state index in [0.717, 1.165) is 31.9 Å². The number of hydrogen-bond acceptors (Lipinski definition) is 4. The average molecular weight is 255 g/mol. The normalized spacial score (nSPS) is 12.0. The molecule has 18 heavy (non-hydrogen) atoms. The van der Waals surface area contributed by atoms with Crippen LogP contribution in [0.5, 0.6) is 0 Å². The molecule has 0 aliphatic heterocycles. The number of nitrogens with one attached hydrogen (secondary N) is 1. The van der Waals surface area contributed by atoms with Crippen molar-refractivity contribution in [2.24, 2.45) is 0 Å². The first-order valence-corrected chi connectivity index (χ1v) is 6.37. The Labute approximate surface area is 109 Å². The number of hydrogen-bond donors (Lipinski definition) is 1. The van der Waals surface area contributed by atoms with Crippen molar-refractivity contribution in [1.82, 2.24) is 15.1 Å². The number of ether oxygens (including phenoxy) is 2. The Hall–Kier alpha value is -0.910. The number of rotatable bonds is 8. The van der Waals surface area contributed by atoms with Crippen molar-refractivity contribution in [3.8, 4) is 0 Å². The lowest BCUT2D eigenvalue weighted by Gasteiger charge is -2.19. The Balaban J connectivity index is 2.21. The summed E-state index contributed by atoms with van der Waals surface area (Å²) in [6.45, 7) is 9.98. The van der Waals surface area contributed by atoms with Crippen LogP contribution in [0.25, 0.3) is 0 Å². The fraction of sp³-hybridized carbons (Fsp3) is 0.769. The molecule has 1 aromatic heterocycles. The van der Waals surface area contributed by atoms with Gasteiger partial charge in [-0.25, -0.2) is 0 Å². The van der Waals surface area contributed by atoms with Gasteiger partial charge in [0.1, 0.15) is 0 Å². The highest BCUT2D eigenvalue weighted by molar-refractivity contribution is 4.98. The zero-order valence-electron chi connectivity index (χ0n) is 11.9. The van der Waals surface area contributed by atoms with Gasteiger partial charge >= 0.3 is 0 Å². The van der Waals surface area contributed by atoms with Gasteiger partial charge in [-0.15, -0.1) is 0 Å². The molecule has 1 N–H and O–H groups in total. The van der Waals surface area contributed by atoms with Crippen LogP contribution in [0.15, 0.2) is 12.3 Å². The van der Waals surface area contributed by atoms with E-state index in [0.29, 0.717) is 6.61 Å². The van der Waals surface area contributed by atoms with E-state index in [-0.39, 0.29) is 5.60 Å². The first-order valence-electron chi connectivity index (χ1n) is 6.37. The molecule has 0 saturated heterocycles. The molecule has 0 unspecified atom stereocenters. The Morgan fingerprint density at radius 2 is 2.11 bits per heavy atom. The van der Waals surface area contributed by atoms with Crippen LogP contribution in [0, 0.1) is 0 Å². The minimum Gasteiger partial charge on any atom is -0.383 e. The van der Waals surface area contributed by atoms with Gasteiger partial charge in [-0.1, -0.05) is 0 Å². The van der Waals surface area contributed by atoms with E-state index in [9.17, 15) is 0 Å². The van der Waals surface area contributed by atoms with Gasteiger partial charge in [0, 0.05) is 26.4 Å². The fourth-order valence-corrected chi connectivity index (χ4v) is 1.46. The first-order chi connectivity index (χ1) is 8.51. The Bertz CT molecular complexity index is 331. The summed E-state index contributed by atoms with van der Waals surface area (Å²) in [4.78, 5) is 0. The summed E-state index contributed by atoms with van der Waals surface area (Å²) in [7, 11) is 1.70. The maximum Gasteiger partial charge on any atom is 0.0762 e. The van der Waals surface area contributed by atoms with Crippen LogP contribution < -0.4 is 5.32 Å². The van der Waals surface area contributed by atoms with Crippen molar-refractivity contribution in [3.63, 3.8) is 0 Å². The lowest BCUT2D eigenvalue weighted by atomic mass is 10.2. The molecular formula is C13H25N3O2. The quantitative estimate of drug-likeness (QED) is 0.714. The second-order valence-electron chi connectivity index (χ2n) is 5.20. The number of nitrogens with zero attached hydrogens (tertiary/aromatic N) is 2. The summed E-state index contributed by atoms with van der Waals surface area (Å²) in [5, 5.41) is 7.73. The summed E-state index contributed by atoms with van der Waals surface area (Å²) < 4.78 is 12.5. The van der Waals surface area contributed by atoms with Crippen LogP contribution in [0.2, 0.25) is 0 Å². The summed E-state index contributed by atoms with van der Waals surface area (Å²) in [6, 6.07) is 2.02. The zero-order chi connectivity index (χ0) is 13.4. The van der Waals surface area contributed by atoms with Crippen molar-refractivity contribution >= 4 is 0 Å². The van der Waals surface area contributed by atoms with Gasteiger partial charge in [0.2, 0.25) is 0 Å². The monoisotopic (exact) mass is 255 g/mol. The van der Waals surface area contributed by atoms with Crippen molar-refractivity contribution in [1.29, 1.82) is 0 Å². The van der Waals surface area contributed by atoms with E-state index >= 15 is 0 Å². The van der Waals surface area contributed by atoms with Crippen LogP contribution in [-0.2, 0) is 22.6 Å². The molecule has 5 heteroatoms. The fourth-order valence-electron chi connectivity index (χ4n) is 1.46. The molecule has 0 aliphatic carbocycles. The topological polar surface area (TPSA) is 48.3 Å². The lowest BCUT2D eigenvalue weighted by molar-refractivity contribution is -0.00792. The molecule has 1 heterocycles. The minimum absolute atomic E-state index is 0.0856. The summed E-state index contributed by atoms with van der Waals surface area (Å²) in [5.74, 6) is 0. The molecule has 0 atom stereocenters. The molecule has 0 fully saturated rings. The molecule has 0 amide bonds. The van der Waals surface area contributed by atoms with Crippen LogP contribution in [0.1, 0.15) is 26.5 Å². The standard InChI is InChI=1S/C13H25N3O2/c1-13(2,3)18-10-8-16-7-5-12(15-16)11-14-6-9-17-4/h5,7,14H,6,8-11H2,1-4H3. The van der Waals surface area contributed by atoms with Gasteiger partial charge in [-0.3, -0.25) is 4.68 Å². The van der Waals surface area contributed by atoms with E-state index in [1.54, 1.807) is 7.11 Å².